The van der Waals surface area contributed by atoms with Gasteiger partial charge in [0, 0.05) is 13.7 Å². The van der Waals surface area contributed by atoms with Crippen molar-refractivity contribution < 1.29 is 4.74 Å². The van der Waals surface area contributed by atoms with E-state index in [9.17, 15) is 0 Å². The van der Waals surface area contributed by atoms with Gasteiger partial charge in [-0.05, 0) is 69.1 Å². The normalized spacial score (nSPS) is 14.7. The third-order valence-electron chi connectivity index (χ3n) is 9.58. The Balaban J connectivity index is 1.54. The summed E-state index contributed by atoms with van der Waals surface area (Å²) >= 11 is 0. The minimum absolute atomic E-state index is 0.101. The van der Waals surface area contributed by atoms with Gasteiger partial charge in [-0.3, -0.25) is 0 Å². The summed E-state index contributed by atoms with van der Waals surface area (Å²) in [5.41, 5.74) is 7.09. The zero-order valence-electron chi connectivity index (χ0n) is 25.1. The molecular weight excluding hydrogens is 519 g/mol. The van der Waals surface area contributed by atoms with E-state index in [0.29, 0.717) is 5.92 Å². The second kappa shape index (κ2) is 12.6. The number of hydrogen-bond acceptors (Lipinski definition) is 1. The van der Waals surface area contributed by atoms with Crippen LogP contribution >= 0.6 is 0 Å². The Morgan fingerprint density at radius 2 is 1.07 bits per heavy atom. The predicted molar refractivity (Wildman–Crippen MR) is 187 cm³/mol. The van der Waals surface area contributed by atoms with Crippen molar-refractivity contribution in [2.45, 2.75) is 38.5 Å². The van der Waals surface area contributed by atoms with Crippen LogP contribution in [0.4, 0.5) is 0 Å². The van der Waals surface area contributed by atoms with Crippen LogP contribution < -0.4 is 10.9 Å². The van der Waals surface area contributed by atoms with Crippen molar-refractivity contribution in [1.82, 2.24) is 0 Å². The topological polar surface area (TPSA) is 9.23 Å². The summed E-state index contributed by atoms with van der Waals surface area (Å²) < 4.78 is 5.79. The van der Waals surface area contributed by atoms with Gasteiger partial charge < -0.3 is 4.74 Å². The van der Waals surface area contributed by atoms with E-state index in [1.807, 2.05) is 7.11 Å². The van der Waals surface area contributed by atoms with E-state index in [1.165, 1.54) is 86.4 Å². The van der Waals surface area contributed by atoms with Crippen LogP contribution in [0.3, 0.4) is 0 Å². The molecule has 0 aliphatic heterocycles. The fraction of sp³-hybridized carbons (Fsp3) is 0.220. The van der Waals surface area contributed by atoms with E-state index in [-0.39, 0.29) is 6.71 Å². The summed E-state index contributed by atoms with van der Waals surface area (Å²) in [5.74, 6) is 0.578. The highest BCUT2D eigenvalue weighted by Gasteiger charge is 2.31. The molecule has 7 rings (SSSR count). The fourth-order valence-corrected chi connectivity index (χ4v) is 7.42. The van der Waals surface area contributed by atoms with E-state index in [2.05, 4.69) is 127 Å². The quantitative estimate of drug-likeness (QED) is 0.169. The van der Waals surface area contributed by atoms with Crippen LogP contribution in [0.15, 0.2) is 133 Å². The number of hydrogen-bond donors (Lipinski definition) is 0. The molecule has 0 radical (unpaired) electrons. The molecule has 0 spiro atoms. The van der Waals surface area contributed by atoms with Crippen molar-refractivity contribution in [1.29, 1.82) is 0 Å². The number of benzene rings is 6. The van der Waals surface area contributed by atoms with Crippen LogP contribution in [0.5, 0.6) is 0 Å². The number of methoxy groups -OCH3 is 1. The molecule has 212 valence electrons. The third-order valence-corrected chi connectivity index (χ3v) is 9.58. The van der Waals surface area contributed by atoms with Crippen molar-refractivity contribution >= 4 is 55.4 Å². The van der Waals surface area contributed by atoms with E-state index < -0.39 is 0 Å². The van der Waals surface area contributed by atoms with Crippen molar-refractivity contribution in [3.8, 4) is 0 Å². The zero-order chi connectivity index (χ0) is 29.0. The van der Waals surface area contributed by atoms with Gasteiger partial charge in [0.15, 0.2) is 0 Å². The molecule has 0 amide bonds. The van der Waals surface area contributed by atoms with Crippen molar-refractivity contribution in [2.24, 2.45) is 5.92 Å². The summed E-state index contributed by atoms with van der Waals surface area (Å²) in [6.07, 6.45) is 7.45. The first-order valence-corrected chi connectivity index (χ1v) is 16.0. The molecule has 6 aromatic carbocycles. The molecule has 43 heavy (non-hydrogen) atoms. The molecule has 2 heteroatoms. The molecule has 1 fully saturated rings. The Bertz CT molecular complexity index is 1830. The number of fused-ring (bicyclic) bond motifs is 3. The lowest BCUT2D eigenvalue weighted by molar-refractivity contribution is 0.198. The lowest BCUT2D eigenvalue weighted by Gasteiger charge is -2.31. The highest BCUT2D eigenvalue weighted by atomic mass is 16.5. The maximum absolute atomic E-state index is 5.79. The summed E-state index contributed by atoms with van der Waals surface area (Å²) in [5, 5.41) is 7.73. The second-order valence-electron chi connectivity index (χ2n) is 12.2. The average molecular weight is 559 g/mol. The molecular formula is C41H39BO. The van der Waals surface area contributed by atoms with Gasteiger partial charge in [0.25, 0.3) is 0 Å². The Kier molecular flexibility index (Phi) is 8.12. The Labute approximate surface area is 256 Å². The van der Waals surface area contributed by atoms with E-state index >= 15 is 0 Å². The summed E-state index contributed by atoms with van der Waals surface area (Å²) in [4.78, 5) is 0. The molecule has 0 N–H and O–H groups in total. The smallest absolute Gasteiger partial charge is 0.241 e. The molecule has 6 aromatic rings. The summed E-state index contributed by atoms with van der Waals surface area (Å²) in [6.45, 7) is 0.842. The van der Waals surface area contributed by atoms with Gasteiger partial charge in [-0.25, -0.2) is 0 Å². The van der Waals surface area contributed by atoms with Crippen LogP contribution in [0.1, 0.15) is 44.1 Å². The van der Waals surface area contributed by atoms with Crippen molar-refractivity contribution in [2.75, 3.05) is 13.7 Å². The molecule has 1 aliphatic carbocycles. The van der Waals surface area contributed by atoms with Gasteiger partial charge >= 0.3 is 0 Å². The van der Waals surface area contributed by atoms with Crippen LogP contribution in [0.2, 0.25) is 0 Å². The Hall–Kier alpha value is -4.14. The third kappa shape index (κ3) is 5.77. The van der Waals surface area contributed by atoms with Gasteiger partial charge in [-0.2, -0.15) is 0 Å². The van der Waals surface area contributed by atoms with Gasteiger partial charge in [0.05, 0.1) is 0 Å². The standard InChI is InChI=1S/C41H39BO/c1-43-26-25-40(33-14-3-2-4-15-33)41(37-20-19-30-11-5-8-16-34(30)27-37)42(38-23-21-31-12-6-9-17-35(31)28-38)39-24-22-32-13-7-10-18-36(32)29-39/h5-13,16-24,27-29,33H,2-4,14-15,25-26H2,1H3/b41-40+. The van der Waals surface area contributed by atoms with Gasteiger partial charge in [0.2, 0.25) is 6.71 Å². The minimum atomic E-state index is 0.101. The molecule has 0 bridgehead atoms. The van der Waals surface area contributed by atoms with E-state index in [1.54, 1.807) is 5.57 Å². The molecule has 1 saturated carbocycles. The largest absolute Gasteiger partial charge is 0.384 e. The first-order chi connectivity index (χ1) is 21.3. The van der Waals surface area contributed by atoms with Crippen LogP contribution in [-0.2, 0) is 4.74 Å². The zero-order valence-corrected chi connectivity index (χ0v) is 25.1. The lowest BCUT2D eigenvalue weighted by Crippen LogP contribution is -2.44. The van der Waals surface area contributed by atoms with Gasteiger partial charge in [-0.1, -0.05) is 163 Å². The summed E-state index contributed by atoms with van der Waals surface area (Å²) in [7, 11) is 1.85. The molecule has 1 nitrogen and oxygen atoms in total. The van der Waals surface area contributed by atoms with Crippen molar-refractivity contribution in [3.63, 3.8) is 0 Å². The van der Waals surface area contributed by atoms with Gasteiger partial charge in [-0.15, -0.1) is 0 Å². The Morgan fingerprint density at radius 3 is 1.60 bits per heavy atom. The van der Waals surface area contributed by atoms with Crippen LogP contribution in [0, 0.1) is 5.92 Å². The highest BCUT2D eigenvalue weighted by Crippen LogP contribution is 2.38. The van der Waals surface area contributed by atoms with E-state index in [4.69, 9.17) is 4.74 Å². The lowest BCUT2D eigenvalue weighted by atomic mass is 9.34. The van der Waals surface area contributed by atoms with Crippen LogP contribution in [0.25, 0.3) is 37.8 Å². The second-order valence-corrected chi connectivity index (χ2v) is 12.2. The van der Waals surface area contributed by atoms with Crippen LogP contribution in [-0.4, -0.2) is 20.4 Å². The fourth-order valence-electron chi connectivity index (χ4n) is 7.42. The number of ether oxygens (including phenoxy) is 1. The minimum Gasteiger partial charge on any atom is -0.384 e. The van der Waals surface area contributed by atoms with Crippen molar-refractivity contribution in [3.05, 3.63) is 139 Å². The maximum atomic E-state index is 5.79. The highest BCUT2D eigenvalue weighted by molar-refractivity contribution is 7.00. The molecule has 0 aromatic heterocycles. The monoisotopic (exact) mass is 558 g/mol. The molecule has 0 saturated heterocycles. The van der Waals surface area contributed by atoms with E-state index in [0.717, 1.165) is 13.0 Å². The van der Waals surface area contributed by atoms with Gasteiger partial charge in [0.1, 0.15) is 0 Å². The maximum Gasteiger partial charge on any atom is 0.241 e. The molecule has 0 unspecified atom stereocenters. The SMILES string of the molecule is COCC/C(=C(\B(c1ccc2ccccc2c1)c1ccc2ccccc2c1)c1ccc2ccccc2c1)C1CCCCC1. The molecule has 0 heterocycles. The summed E-state index contributed by atoms with van der Waals surface area (Å²) in [6, 6.07) is 47.7. The average Bonchev–Trinajstić information content (AvgIpc) is 3.08. The predicted octanol–water partition coefficient (Wildman–Crippen LogP) is 9.36. The number of rotatable bonds is 8. The Morgan fingerprint density at radius 1 is 0.581 bits per heavy atom. The molecule has 0 atom stereocenters. The first kappa shape index (κ1) is 27.7. The molecule has 1 aliphatic rings. The first-order valence-electron chi connectivity index (χ1n) is 16.0.